The van der Waals surface area contributed by atoms with E-state index in [1.54, 1.807) is 6.92 Å². The zero-order valence-electron chi connectivity index (χ0n) is 11.1. The van der Waals surface area contributed by atoms with Gasteiger partial charge in [0.1, 0.15) is 0 Å². The average molecular weight is 245 g/mol. The highest BCUT2D eigenvalue weighted by Crippen LogP contribution is 2.18. The van der Waals surface area contributed by atoms with Gasteiger partial charge in [-0.05, 0) is 18.4 Å². The van der Waals surface area contributed by atoms with Crippen LogP contribution in [0.5, 0.6) is 0 Å². The first kappa shape index (κ1) is 12.8. The topological polar surface area (TPSA) is 51.0 Å². The van der Waals surface area contributed by atoms with Gasteiger partial charge in [-0.25, -0.2) is 0 Å². The van der Waals surface area contributed by atoms with E-state index in [0.29, 0.717) is 30.3 Å². The summed E-state index contributed by atoms with van der Waals surface area (Å²) in [6.45, 7) is 6.79. The molecule has 1 aromatic carbocycles. The van der Waals surface area contributed by atoms with Crippen LogP contribution in [0.4, 0.5) is 0 Å². The van der Waals surface area contributed by atoms with Gasteiger partial charge in [0.05, 0.1) is 6.54 Å². The Labute approximate surface area is 107 Å². The molecule has 0 aliphatic heterocycles. The summed E-state index contributed by atoms with van der Waals surface area (Å²) >= 11 is 0. The normalized spacial score (nSPS) is 14.4. The maximum absolute atomic E-state index is 5.33. The molecule has 0 aliphatic rings. The lowest BCUT2D eigenvalue weighted by Crippen LogP contribution is -2.30. The van der Waals surface area contributed by atoms with Crippen LogP contribution in [0, 0.1) is 6.92 Å². The molecule has 0 saturated heterocycles. The van der Waals surface area contributed by atoms with Gasteiger partial charge in [0, 0.05) is 13.0 Å². The zero-order chi connectivity index (χ0) is 13.0. The summed E-state index contributed by atoms with van der Waals surface area (Å²) in [6, 6.07) is 10.8. The van der Waals surface area contributed by atoms with Crippen LogP contribution < -0.4 is 5.32 Å². The van der Waals surface area contributed by atoms with Gasteiger partial charge in [-0.1, -0.05) is 37.3 Å². The fourth-order valence-electron chi connectivity index (χ4n) is 1.88. The van der Waals surface area contributed by atoms with Crippen molar-refractivity contribution in [3.8, 4) is 0 Å². The fraction of sp³-hybridized carbons (Fsp3) is 0.429. The van der Waals surface area contributed by atoms with Crippen LogP contribution in [-0.4, -0.2) is 16.2 Å². The third-order valence-corrected chi connectivity index (χ3v) is 3.22. The number of aromatic nitrogens is 2. The fourth-order valence-corrected chi connectivity index (χ4v) is 1.88. The number of nitrogens with zero attached hydrogens (tertiary/aromatic N) is 2. The van der Waals surface area contributed by atoms with Crippen LogP contribution in [0.25, 0.3) is 0 Å². The van der Waals surface area contributed by atoms with Crippen molar-refractivity contribution < 1.29 is 4.42 Å². The van der Waals surface area contributed by atoms with Crippen molar-refractivity contribution in [3.63, 3.8) is 0 Å². The molecule has 0 aliphatic carbocycles. The van der Waals surface area contributed by atoms with Gasteiger partial charge in [0.15, 0.2) is 0 Å². The molecule has 0 unspecified atom stereocenters. The Hall–Kier alpha value is -1.68. The minimum absolute atomic E-state index is 0.347. The van der Waals surface area contributed by atoms with Crippen molar-refractivity contribution in [1.82, 2.24) is 15.5 Å². The van der Waals surface area contributed by atoms with E-state index in [1.807, 2.05) is 6.07 Å². The minimum atomic E-state index is 0.347. The molecule has 0 radical (unpaired) electrons. The average Bonchev–Trinajstić information content (AvgIpc) is 2.82. The molecule has 96 valence electrons. The SMILES string of the molecule is Cc1nnc(CN[C@@H](C)[C@@H](C)c2ccccc2)o1. The second kappa shape index (κ2) is 5.78. The Morgan fingerprint density at radius 3 is 2.50 bits per heavy atom. The molecular formula is C14H19N3O. The van der Waals surface area contributed by atoms with Crippen molar-refractivity contribution in [3.05, 3.63) is 47.7 Å². The van der Waals surface area contributed by atoms with E-state index in [4.69, 9.17) is 4.42 Å². The molecule has 2 atom stereocenters. The standard InChI is InChI=1S/C14H19N3O/c1-10(13-7-5-4-6-8-13)11(2)15-9-14-17-16-12(3)18-14/h4-8,10-11,15H,9H2,1-3H3/t10-,11+/m1/s1. The maximum atomic E-state index is 5.33. The summed E-state index contributed by atoms with van der Waals surface area (Å²) in [5, 5.41) is 11.2. The van der Waals surface area contributed by atoms with Crippen molar-refractivity contribution in [2.75, 3.05) is 0 Å². The molecule has 1 heterocycles. The van der Waals surface area contributed by atoms with Crippen LogP contribution in [0.1, 0.15) is 37.1 Å². The predicted octanol–water partition coefficient (Wildman–Crippen LogP) is 2.66. The number of hydrogen-bond acceptors (Lipinski definition) is 4. The molecule has 2 aromatic rings. The molecule has 4 heteroatoms. The molecule has 1 N–H and O–H groups in total. The Balaban J connectivity index is 1.90. The molecule has 2 rings (SSSR count). The number of rotatable bonds is 5. The van der Waals surface area contributed by atoms with Gasteiger partial charge in [-0.2, -0.15) is 0 Å². The van der Waals surface area contributed by atoms with Crippen molar-refractivity contribution in [2.45, 2.75) is 39.3 Å². The summed E-state index contributed by atoms with van der Waals surface area (Å²) in [5.41, 5.74) is 1.33. The Kier molecular flexibility index (Phi) is 4.10. The third kappa shape index (κ3) is 3.17. The summed E-state index contributed by atoms with van der Waals surface area (Å²) < 4.78 is 5.33. The molecule has 0 amide bonds. The zero-order valence-corrected chi connectivity index (χ0v) is 11.1. The third-order valence-electron chi connectivity index (χ3n) is 3.22. The molecule has 1 aromatic heterocycles. The smallest absolute Gasteiger partial charge is 0.230 e. The molecule has 18 heavy (non-hydrogen) atoms. The molecule has 0 bridgehead atoms. The molecule has 0 fully saturated rings. The highest BCUT2D eigenvalue weighted by atomic mass is 16.4. The lowest BCUT2D eigenvalue weighted by molar-refractivity contribution is 0.409. The van der Waals surface area contributed by atoms with Crippen LogP contribution in [0.3, 0.4) is 0 Å². The van der Waals surface area contributed by atoms with Crippen molar-refractivity contribution >= 4 is 0 Å². The van der Waals surface area contributed by atoms with Crippen molar-refractivity contribution in [2.24, 2.45) is 0 Å². The van der Waals surface area contributed by atoms with Crippen LogP contribution >= 0.6 is 0 Å². The van der Waals surface area contributed by atoms with Crippen LogP contribution in [0.2, 0.25) is 0 Å². The van der Waals surface area contributed by atoms with E-state index in [1.165, 1.54) is 5.56 Å². The second-order valence-corrected chi connectivity index (χ2v) is 4.58. The highest BCUT2D eigenvalue weighted by molar-refractivity contribution is 5.20. The maximum Gasteiger partial charge on any atom is 0.230 e. The molecule has 0 spiro atoms. The van der Waals surface area contributed by atoms with Crippen LogP contribution in [0.15, 0.2) is 34.7 Å². The van der Waals surface area contributed by atoms with Crippen LogP contribution in [-0.2, 0) is 6.54 Å². The molecule has 0 saturated carbocycles. The predicted molar refractivity (Wildman–Crippen MR) is 70.2 cm³/mol. The van der Waals surface area contributed by atoms with E-state index in [2.05, 4.69) is 53.6 Å². The van der Waals surface area contributed by atoms with E-state index in [9.17, 15) is 0 Å². The first-order valence-electron chi connectivity index (χ1n) is 6.24. The van der Waals surface area contributed by atoms with E-state index >= 15 is 0 Å². The lowest BCUT2D eigenvalue weighted by Gasteiger charge is -2.21. The number of hydrogen-bond donors (Lipinski definition) is 1. The monoisotopic (exact) mass is 245 g/mol. The van der Waals surface area contributed by atoms with Gasteiger partial charge in [-0.15, -0.1) is 10.2 Å². The second-order valence-electron chi connectivity index (χ2n) is 4.58. The Morgan fingerprint density at radius 1 is 1.17 bits per heavy atom. The largest absolute Gasteiger partial charge is 0.424 e. The molecule has 4 nitrogen and oxygen atoms in total. The van der Waals surface area contributed by atoms with Crippen molar-refractivity contribution in [1.29, 1.82) is 0 Å². The highest BCUT2D eigenvalue weighted by Gasteiger charge is 2.14. The number of nitrogens with one attached hydrogen (secondary N) is 1. The quantitative estimate of drug-likeness (QED) is 0.879. The van der Waals surface area contributed by atoms with Gasteiger partial charge < -0.3 is 9.73 Å². The lowest BCUT2D eigenvalue weighted by atomic mass is 9.94. The summed E-state index contributed by atoms with van der Waals surface area (Å²) in [6.07, 6.45) is 0. The van der Waals surface area contributed by atoms with Gasteiger partial charge in [0.2, 0.25) is 11.8 Å². The van der Waals surface area contributed by atoms with Gasteiger partial charge >= 0.3 is 0 Å². The summed E-state index contributed by atoms with van der Waals surface area (Å²) in [4.78, 5) is 0. The van der Waals surface area contributed by atoms with E-state index in [0.717, 1.165) is 0 Å². The molecular weight excluding hydrogens is 226 g/mol. The first-order chi connectivity index (χ1) is 8.66. The number of aryl methyl sites for hydroxylation is 1. The number of benzene rings is 1. The Bertz CT molecular complexity index is 481. The van der Waals surface area contributed by atoms with Gasteiger partial charge in [-0.3, -0.25) is 0 Å². The van der Waals surface area contributed by atoms with E-state index in [-0.39, 0.29) is 0 Å². The summed E-state index contributed by atoms with van der Waals surface area (Å²) in [5.74, 6) is 1.69. The summed E-state index contributed by atoms with van der Waals surface area (Å²) in [7, 11) is 0. The Morgan fingerprint density at radius 2 is 1.89 bits per heavy atom. The minimum Gasteiger partial charge on any atom is -0.424 e. The van der Waals surface area contributed by atoms with Gasteiger partial charge in [0.25, 0.3) is 0 Å². The van der Waals surface area contributed by atoms with E-state index < -0.39 is 0 Å². The first-order valence-corrected chi connectivity index (χ1v) is 6.24.